The zero-order valence-electron chi connectivity index (χ0n) is 28.3. The lowest BCUT2D eigenvalue weighted by Gasteiger charge is -2.14. The molecule has 0 saturated carbocycles. The fraction of sp³-hybridized carbons (Fsp3) is 0.0417. The van der Waals surface area contributed by atoms with Crippen molar-refractivity contribution in [2.45, 2.75) is 12.8 Å². The van der Waals surface area contributed by atoms with E-state index in [-0.39, 0.29) is 0 Å². The van der Waals surface area contributed by atoms with Crippen molar-refractivity contribution >= 4 is 92.1 Å². The summed E-state index contributed by atoms with van der Waals surface area (Å²) in [6, 6.07) is 56.1. The molecule has 0 spiro atoms. The van der Waals surface area contributed by atoms with Gasteiger partial charge in [-0.25, -0.2) is 0 Å². The maximum Gasteiger partial charge on any atom is 0.0638 e. The predicted octanol–water partition coefficient (Wildman–Crippen LogP) is 13.2. The average Bonchev–Trinajstić information content (AvgIpc) is 3.94. The highest BCUT2D eigenvalue weighted by molar-refractivity contribution is 7.25. The van der Waals surface area contributed by atoms with Crippen molar-refractivity contribution in [1.29, 1.82) is 0 Å². The van der Waals surface area contributed by atoms with E-state index in [4.69, 9.17) is 0 Å². The van der Waals surface area contributed by atoms with Gasteiger partial charge < -0.3 is 13.7 Å². The van der Waals surface area contributed by atoms with Gasteiger partial charge in [0.05, 0.1) is 27.6 Å². The Hall–Kier alpha value is -6.36. The van der Waals surface area contributed by atoms with E-state index in [1.165, 1.54) is 103 Å². The molecular weight excluding hydrogens is 651 g/mol. The first kappa shape index (κ1) is 28.3. The van der Waals surface area contributed by atoms with Gasteiger partial charge in [-0.05, 0) is 85.1 Å². The summed E-state index contributed by atoms with van der Waals surface area (Å²) in [5, 5.41) is 9.12. The maximum atomic E-state index is 2.56. The van der Waals surface area contributed by atoms with Crippen LogP contribution in [0.3, 0.4) is 0 Å². The normalized spacial score (nSPS) is 13.2. The number of fused-ring (bicyclic) bond motifs is 13. The number of aryl methyl sites for hydroxylation is 1. The van der Waals surface area contributed by atoms with Crippen LogP contribution in [0.4, 0.5) is 0 Å². The number of hydrogen-bond donors (Lipinski definition) is 0. The zero-order chi connectivity index (χ0) is 33.9. The van der Waals surface area contributed by atoms with Gasteiger partial charge in [0.25, 0.3) is 0 Å². The molecular formula is C48H31N3S. The van der Waals surface area contributed by atoms with Crippen molar-refractivity contribution in [2.24, 2.45) is 0 Å². The molecule has 0 atom stereocenters. The Morgan fingerprint density at radius 3 is 1.92 bits per heavy atom. The second kappa shape index (κ2) is 10.6. The predicted molar refractivity (Wildman–Crippen MR) is 222 cm³/mol. The topological polar surface area (TPSA) is 14.8 Å². The Morgan fingerprint density at radius 1 is 0.423 bits per heavy atom. The van der Waals surface area contributed by atoms with Crippen LogP contribution in [0.1, 0.15) is 17.7 Å². The van der Waals surface area contributed by atoms with Gasteiger partial charge in [-0.2, -0.15) is 0 Å². The second-order valence-corrected chi connectivity index (χ2v) is 15.1. The minimum absolute atomic E-state index is 1.04. The molecule has 0 amide bonds. The Morgan fingerprint density at radius 2 is 1.06 bits per heavy atom. The molecule has 3 nitrogen and oxygen atoms in total. The standard InChI is InChI=1S/C48H31N3S/c1-2-12-30(13-3-1)49-40-18-8-4-14-33(40)35-24-22-31(28-44(35)49)51-41-19-9-5-15-34(41)38-26-27-43-47(48(38)51)39-17-6-10-20-42(39)50(43)32-23-25-37-36-16-7-11-21-45(36)52-46(37)29-32/h1-4,6-14,16-29H,5,15H2. The number of nitrogens with zero attached hydrogens (tertiary/aromatic N) is 3. The van der Waals surface area contributed by atoms with E-state index in [2.05, 4.69) is 178 Å². The van der Waals surface area contributed by atoms with E-state index in [0.717, 1.165) is 12.8 Å². The summed E-state index contributed by atoms with van der Waals surface area (Å²) in [6.07, 6.45) is 6.80. The molecule has 1 aliphatic rings. The Kier molecular flexibility index (Phi) is 5.77. The first-order chi connectivity index (χ1) is 25.8. The Balaban J connectivity index is 1.19. The van der Waals surface area contributed by atoms with Crippen LogP contribution in [0.15, 0.2) is 158 Å². The summed E-state index contributed by atoms with van der Waals surface area (Å²) in [5.41, 5.74) is 12.5. The lowest BCUT2D eigenvalue weighted by molar-refractivity contribution is 0.968. The van der Waals surface area contributed by atoms with E-state index in [9.17, 15) is 0 Å². The van der Waals surface area contributed by atoms with Gasteiger partial charge >= 0.3 is 0 Å². The van der Waals surface area contributed by atoms with Crippen molar-refractivity contribution in [3.8, 4) is 17.1 Å². The highest BCUT2D eigenvalue weighted by Crippen LogP contribution is 2.44. The molecule has 0 unspecified atom stereocenters. The van der Waals surface area contributed by atoms with Crippen LogP contribution in [0.25, 0.3) is 97.8 Å². The largest absolute Gasteiger partial charge is 0.309 e. The van der Waals surface area contributed by atoms with Crippen molar-refractivity contribution in [1.82, 2.24) is 13.7 Å². The number of aromatic nitrogens is 3. The van der Waals surface area contributed by atoms with Gasteiger partial charge in [-0.1, -0.05) is 97.1 Å². The number of hydrogen-bond acceptors (Lipinski definition) is 1. The SMILES string of the molecule is C1=Cc2c(c3ccc4c(c5ccccc5n4-c4ccc5c(c4)sc4ccccc45)c3n2-c2ccc3c4ccccc4n(-c4ccccc4)c3c2)CC1. The third-order valence-electron chi connectivity index (χ3n) is 11.3. The van der Waals surface area contributed by atoms with Crippen LogP contribution in [0.2, 0.25) is 0 Å². The van der Waals surface area contributed by atoms with Crippen molar-refractivity contribution in [2.75, 3.05) is 0 Å². The summed E-state index contributed by atoms with van der Waals surface area (Å²) in [7, 11) is 0. The number of allylic oxidation sites excluding steroid dienone is 1. The lowest BCUT2D eigenvalue weighted by Crippen LogP contribution is -2.01. The molecule has 4 heterocycles. The monoisotopic (exact) mass is 681 g/mol. The summed E-state index contributed by atoms with van der Waals surface area (Å²) in [6.45, 7) is 0. The molecule has 0 N–H and O–H groups in total. The average molecular weight is 682 g/mol. The first-order valence-electron chi connectivity index (χ1n) is 18.1. The van der Waals surface area contributed by atoms with Gasteiger partial charge in [0, 0.05) is 69.9 Å². The minimum Gasteiger partial charge on any atom is -0.309 e. The molecule has 4 heteroatoms. The van der Waals surface area contributed by atoms with Gasteiger partial charge in [0.15, 0.2) is 0 Å². The molecule has 0 fully saturated rings. The summed E-state index contributed by atoms with van der Waals surface area (Å²) < 4.78 is 10.1. The highest BCUT2D eigenvalue weighted by Gasteiger charge is 2.25. The van der Waals surface area contributed by atoms with Crippen LogP contribution in [-0.2, 0) is 6.42 Å². The molecule has 4 aromatic heterocycles. The quantitative estimate of drug-likeness (QED) is 0.176. The van der Waals surface area contributed by atoms with Crippen molar-refractivity contribution < 1.29 is 0 Å². The maximum absolute atomic E-state index is 2.56. The summed E-state index contributed by atoms with van der Waals surface area (Å²) in [5.74, 6) is 0. The molecule has 0 radical (unpaired) electrons. The molecule has 11 aromatic rings. The molecule has 244 valence electrons. The van der Waals surface area contributed by atoms with E-state index in [0.29, 0.717) is 0 Å². The van der Waals surface area contributed by atoms with Crippen LogP contribution in [0, 0.1) is 0 Å². The smallest absolute Gasteiger partial charge is 0.0638 e. The van der Waals surface area contributed by atoms with Gasteiger partial charge in [0.1, 0.15) is 0 Å². The van der Waals surface area contributed by atoms with E-state index < -0.39 is 0 Å². The van der Waals surface area contributed by atoms with E-state index in [1.54, 1.807) is 0 Å². The number of thiophene rings is 1. The van der Waals surface area contributed by atoms with E-state index >= 15 is 0 Å². The third kappa shape index (κ3) is 3.79. The van der Waals surface area contributed by atoms with Crippen molar-refractivity contribution in [3.63, 3.8) is 0 Å². The molecule has 52 heavy (non-hydrogen) atoms. The lowest BCUT2D eigenvalue weighted by atomic mass is 10.00. The molecule has 0 aliphatic heterocycles. The Bertz CT molecular complexity index is 3290. The molecule has 12 rings (SSSR count). The number of para-hydroxylation sites is 3. The number of rotatable bonds is 3. The van der Waals surface area contributed by atoms with Gasteiger partial charge in [0.2, 0.25) is 0 Å². The molecule has 7 aromatic carbocycles. The molecule has 0 bridgehead atoms. The Labute approximate surface area is 303 Å². The van der Waals surface area contributed by atoms with Crippen LogP contribution >= 0.6 is 11.3 Å². The van der Waals surface area contributed by atoms with Gasteiger partial charge in [-0.3, -0.25) is 0 Å². The summed E-state index contributed by atoms with van der Waals surface area (Å²) >= 11 is 1.88. The van der Waals surface area contributed by atoms with Crippen LogP contribution in [0.5, 0.6) is 0 Å². The first-order valence-corrected chi connectivity index (χ1v) is 18.9. The molecule has 0 saturated heterocycles. The fourth-order valence-electron chi connectivity index (χ4n) is 9.13. The van der Waals surface area contributed by atoms with Gasteiger partial charge in [-0.15, -0.1) is 11.3 Å². The fourth-order valence-corrected chi connectivity index (χ4v) is 10.3. The summed E-state index contributed by atoms with van der Waals surface area (Å²) in [4.78, 5) is 0. The molecule has 1 aliphatic carbocycles. The van der Waals surface area contributed by atoms with Crippen molar-refractivity contribution in [3.05, 3.63) is 169 Å². The van der Waals surface area contributed by atoms with Crippen LogP contribution < -0.4 is 0 Å². The van der Waals surface area contributed by atoms with E-state index in [1.807, 2.05) is 11.3 Å². The second-order valence-electron chi connectivity index (χ2n) is 14.0. The highest BCUT2D eigenvalue weighted by atomic mass is 32.1. The number of benzene rings is 7. The minimum atomic E-state index is 1.04. The third-order valence-corrected chi connectivity index (χ3v) is 12.4. The van der Waals surface area contributed by atoms with Crippen LogP contribution in [-0.4, -0.2) is 13.7 Å². The zero-order valence-corrected chi connectivity index (χ0v) is 29.1.